The molecule has 50 heavy (non-hydrogen) atoms. The lowest BCUT2D eigenvalue weighted by Crippen LogP contribution is -2.00. The van der Waals surface area contributed by atoms with E-state index in [0.717, 1.165) is 16.7 Å². The smallest absolute Gasteiger partial charge is 0.164 e. The fourth-order valence-electron chi connectivity index (χ4n) is 6.90. The van der Waals surface area contributed by atoms with E-state index < -0.39 is 0 Å². The van der Waals surface area contributed by atoms with Crippen molar-refractivity contribution in [1.82, 2.24) is 15.0 Å². The Bertz CT molecular complexity index is 2680. The van der Waals surface area contributed by atoms with Crippen LogP contribution in [0.1, 0.15) is 0 Å². The summed E-state index contributed by atoms with van der Waals surface area (Å²) in [5.41, 5.74) is 7.68. The maximum atomic E-state index is 5.04. The minimum atomic E-state index is 0.652. The SMILES string of the molecule is c1ccc(-c2nc(-c3ccc(-c4cccc5c4sc4ccccc45)cc3)nc(-c3ccc(-c4cccc5c4sc4ccccc45)cc3)n2)cc1. The van der Waals surface area contributed by atoms with E-state index in [1.165, 1.54) is 62.6 Å². The Morgan fingerprint density at radius 1 is 0.280 bits per heavy atom. The van der Waals surface area contributed by atoms with E-state index in [2.05, 4.69) is 133 Å². The molecule has 0 saturated heterocycles. The first-order valence-electron chi connectivity index (χ1n) is 16.6. The summed E-state index contributed by atoms with van der Waals surface area (Å²) in [5.74, 6) is 1.96. The first kappa shape index (κ1) is 29.0. The molecule has 234 valence electrons. The van der Waals surface area contributed by atoms with Crippen molar-refractivity contribution in [3.63, 3.8) is 0 Å². The number of thiophene rings is 2. The first-order chi connectivity index (χ1) is 24.8. The predicted molar refractivity (Wildman–Crippen MR) is 213 cm³/mol. The summed E-state index contributed by atoms with van der Waals surface area (Å²) in [6.45, 7) is 0. The molecule has 0 aliphatic heterocycles. The molecule has 0 amide bonds. The number of hydrogen-bond donors (Lipinski definition) is 0. The van der Waals surface area contributed by atoms with Gasteiger partial charge in [0.25, 0.3) is 0 Å². The van der Waals surface area contributed by atoms with Gasteiger partial charge in [-0.15, -0.1) is 22.7 Å². The molecule has 0 bridgehead atoms. The van der Waals surface area contributed by atoms with Crippen molar-refractivity contribution in [3.8, 4) is 56.4 Å². The quantitative estimate of drug-likeness (QED) is 0.182. The number of benzene rings is 7. The molecule has 0 unspecified atom stereocenters. The summed E-state index contributed by atoms with van der Waals surface area (Å²) in [4.78, 5) is 15.0. The Morgan fingerprint density at radius 2 is 0.640 bits per heavy atom. The van der Waals surface area contributed by atoms with Gasteiger partial charge in [-0.05, 0) is 34.4 Å². The van der Waals surface area contributed by atoms with Crippen LogP contribution in [0.5, 0.6) is 0 Å². The lowest BCUT2D eigenvalue weighted by molar-refractivity contribution is 1.07. The van der Waals surface area contributed by atoms with Crippen LogP contribution in [0.15, 0.2) is 164 Å². The van der Waals surface area contributed by atoms with Crippen LogP contribution in [0, 0.1) is 0 Å². The van der Waals surface area contributed by atoms with Crippen LogP contribution in [0.2, 0.25) is 0 Å². The molecular weight excluding hydrogens is 647 g/mol. The maximum absolute atomic E-state index is 5.04. The highest BCUT2D eigenvalue weighted by atomic mass is 32.1. The van der Waals surface area contributed by atoms with Crippen molar-refractivity contribution in [2.45, 2.75) is 0 Å². The molecule has 3 heterocycles. The molecule has 0 radical (unpaired) electrons. The van der Waals surface area contributed by atoms with Crippen LogP contribution in [-0.4, -0.2) is 15.0 Å². The van der Waals surface area contributed by atoms with Gasteiger partial charge in [0.15, 0.2) is 17.5 Å². The summed E-state index contributed by atoms with van der Waals surface area (Å²) in [6, 6.07) is 57.9. The zero-order chi connectivity index (χ0) is 33.0. The van der Waals surface area contributed by atoms with Crippen LogP contribution in [-0.2, 0) is 0 Å². The lowest BCUT2D eigenvalue weighted by atomic mass is 10.0. The van der Waals surface area contributed by atoms with Gasteiger partial charge in [-0.1, -0.05) is 152 Å². The monoisotopic (exact) mass is 673 g/mol. The van der Waals surface area contributed by atoms with Gasteiger partial charge in [0.05, 0.1) is 0 Å². The number of aromatic nitrogens is 3. The molecule has 7 aromatic carbocycles. The van der Waals surface area contributed by atoms with Gasteiger partial charge >= 0.3 is 0 Å². The second-order valence-corrected chi connectivity index (χ2v) is 14.5. The zero-order valence-electron chi connectivity index (χ0n) is 26.7. The van der Waals surface area contributed by atoms with E-state index in [1.54, 1.807) is 0 Å². The highest BCUT2D eigenvalue weighted by Gasteiger charge is 2.15. The van der Waals surface area contributed by atoms with Gasteiger partial charge in [0, 0.05) is 57.0 Å². The van der Waals surface area contributed by atoms with E-state index in [0.29, 0.717) is 17.5 Å². The summed E-state index contributed by atoms with van der Waals surface area (Å²) in [7, 11) is 0. The summed E-state index contributed by atoms with van der Waals surface area (Å²) < 4.78 is 5.23. The van der Waals surface area contributed by atoms with Crippen molar-refractivity contribution >= 4 is 63.0 Å². The third-order valence-corrected chi connectivity index (χ3v) is 11.8. The lowest BCUT2D eigenvalue weighted by Gasteiger charge is -2.10. The Kier molecular flexibility index (Phi) is 6.86. The van der Waals surface area contributed by atoms with Crippen molar-refractivity contribution in [2.24, 2.45) is 0 Å². The second-order valence-electron chi connectivity index (χ2n) is 12.4. The maximum Gasteiger partial charge on any atom is 0.164 e. The Morgan fingerprint density at radius 3 is 1.10 bits per heavy atom. The van der Waals surface area contributed by atoms with E-state index in [4.69, 9.17) is 15.0 Å². The van der Waals surface area contributed by atoms with Gasteiger partial charge in [-0.2, -0.15) is 0 Å². The van der Waals surface area contributed by atoms with Crippen LogP contribution in [0.4, 0.5) is 0 Å². The standard InChI is InChI=1S/C45H27N3S2/c1-2-10-30(11-3-1)43-46-44(31-24-20-28(21-25-31)33-14-8-16-37-35-12-4-6-18-39(35)49-41(33)37)48-45(47-43)32-26-22-29(23-27-32)34-15-9-17-38-36-13-5-7-19-40(36)50-42(34)38/h1-27H. The fraction of sp³-hybridized carbons (Fsp3) is 0. The fourth-order valence-corrected chi connectivity index (χ4v) is 9.37. The predicted octanol–water partition coefficient (Wildman–Crippen LogP) is 12.9. The van der Waals surface area contributed by atoms with E-state index in [1.807, 2.05) is 53.0 Å². The van der Waals surface area contributed by atoms with Crippen molar-refractivity contribution in [3.05, 3.63) is 164 Å². The average molecular weight is 674 g/mol. The highest BCUT2D eigenvalue weighted by Crippen LogP contribution is 2.41. The van der Waals surface area contributed by atoms with Gasteiger partial charge in [0.1, 0.15) is 0 Å². The van der Waals surface area contributed by atoms with Crippen LogP contribution in [0.25, 0.3) is 96.8 Å². The molecule has 10 aromatic rings. The number of fused-ring (bicyclic) bond motifs is 6. The second kappa shape index (κ2) is 11.8. The molecule has 5 heteroatoms. The molecule has 10 rings (SSSR count). The first-order valence-corrected chi connectivity index (χ1v) is 18.2. The van der Waals surface area contributed by atoms with E-state index in [9.17, 15) is 0 Å². The minimum absolute atomic E-state index is 0.652. The summed E-state index contributed by atoms with van der Waals surface area (Å²) in [6.07, 6.45) is 0. The van der Waals surface area contributed by atoms with Crippen molar-refractivity contribution in [1.29, 1.82) is 0 Å². The molecular formula is C45H27N3S2. The third kappa shape index (κ3) is 4.90. The molecule has 0 spiro atoms. The van der Waals surface area contributed by atoms with E-state index >= 15 is 0 Å². The molecule has 0 N–H and O–H groups in total. The molecule has 0 aliphatic rings. The van der Waals surface area contributed by atoms with Gasteiger partial charge in [-0.25, -0.2) is 15.0 Å². The van der Waals surface area contributed by atoms with Gasteiger partial charge in [0.2, 0.25) is 0 Å². The van der Waals surface area contributed by atoms with Crippen molar-refractivity contribution < 1.29 is 0 Å². The Hall–Kier alpha value is -6.01. The van der Waals surface area contributed by atoms with Crippen LogP contribution >= 0.6 is 22.7 Å². The van der Waals surface area contributed by atoms with E-state index in [-0.39, 0.29) is 0 Å². The largest absolute Gasteiger partial charge is 0.208 e. The van der Waals surface area contributed by atoms with Gasteiger partial charge < -0.3 is 0 Å². The topological polar surface area (TPSA) is 38.7 Å². The summed E-state index contributed by atoms with van der Waals surface area (Å²) >= 11 is 3.70. The number of rotatable bonds is 5. The molecule has 0 saturated carbocycles. The average Bonchev–Trinajstić information content (AvgIpc) is 3.77. The third-order valence-electron chi connectivity index (χ3n) is 9.38. The number of hydrogen-bond acceptors (Lipinski definition) is 5. The van der Waals surface area contributed by atoms with Crippen LogP contribution in [0.3, 0.4) is 0 Å². The normalized spacial score (nSPS) is 11.6. The summed E-state index contributed by atoms with van der Waals surface area (Å²) in [5, 5.41) is 5.21. The van der Waals surface area contributed by atoms with Crippen molar-refractivity contribution in [2.75, 3.05) is 0 Å². The Labute approximate surface area is 296 Å². The molecule has 0 aliphatic carbocycles. The number of nitrogens with zero attached hydrogens (tertiary/aromatic N) is 3. The van der Waals surface area contributed by atoms with Gasteiger partial charge in [-0.3, -0.25) is 0 Å². The Balaban J connectivity index is 1.04. The molecule has 3 nitrogen and oxygen atoms in total. The highest BCUT2D eigenvalue weighted by molar-refractivity contribution is 7.26. The molecule has 0 atom stereocenters. The zero-order valence-corrected chi connectivity index (χ0v) is 28.4. The van der Waals surface area contributed by atoms with Crippen LogP contribution < -0.4 is 0 Å². The minimum Gasteiger partial charge on any atom is -0.208 e. The molecule has 0 fully saturated rings. The molecule has 3 aromatic heterocycles.